The molecule has 1 rings (SSSR count). The van der Waals surface area contributed by atoms with Crippen molar-refractivity contribution in [2.45, 2.75) is 12.2 Å². The molecule has 0 saturated carbocycles. The van der Waals surface area contributed by atoms with Gasteiger partial charge >= 0.3 is 0 Å². The number of nitrogens with two attached hydrogens (primary N) is 1. The largest absolute Gasteiger partial charge is 0.330 e. The molecule has 0 aliphatic rings. The van der Waals surface area contributed by atoms with Gasteiger partial charge in [0.05, 0.1) is 11.5 Å². The molecule has 0 aliphatic carbocycles. The van der Waals surface area contributed by atoms with Crippen LogP contribution in [0.3, 0.4) is 0 Å². The second kappa shape index (κ2) is 5.61. The highest BCUT2D eigenvalue weighted by Gasteiger charge is 2.16. The van der Waals surface area contributed by atoms with Gasteiger partial charge in [0, 0.05) is 10.6 Å². The van der Waals surface area contributed by atoms with Gasteiger partial charge in [-0.1, -0.05) is 17.7 Å². The summed E-state index contributed by atoms with van der Waals surface area (Å²) in [5, 5.41) is 0.135. The average molecular weight is 266 g/mol. The van der Waals surface area contributed by atoms with Gasteiger partial charge < -0.3 is 5.73 Å². The van der Waals surface area contributed by atoms with E-state index in [2.05, 4.69) is 0 Å². The van der Waals surface area contributed by atoms with E-state index in [1.54, 1.807) is 0 Å². The zero-order chi connectivity index (χ0) is 12.2. The zero-order valence-electron chi connectivity index (χ0n) is 8.62. The van der Waals surface area contributed by atoms with Gasteiger partial charge in [-0.2, -0.15) is 0 Å². The van der Waals surface area contributed by atoms with E-state index in [1.807, 2.05) is 0 Å². The van der Waals surface area contributed by atoms with Gasteiger partial charge in [-0.25, -0.2) is 12.8 Å². The second-order valence-corrected chi connectivity index (χ2v) is 6.03. The third kappa shape index (κ3) is 3.73. The quantitative estimate of drug-likeness (QED) is 0.882. The molecule has 0 heterocycles. The first kappa shape index (κ1) is 13.4. The normalized spacial score (nSPS) is 11.7. The zero-order valence-corrected chi connectivity index (χ0v) is 10.2. The first-order valence-corrected chi connectivity index (χ1v) is 6.99. The third-order valence-corrected chi connectivity index (χ3v) is 4.08. The van der Waals surface area contributed by atoms with Crippen LogP contribution in [0, 0.1) is 5.82 Å². The molecule has 2 N–H and O–H groups in total. The monoisotopic (exact) mass is 265 g/mol. The van der Waals surface area contributed by atoms with Crippen LogP contribution in [0.1, 0.15) is 12.0 Å². The van der Waals surface area contributed by atoms with Crippen LogP contribution in [0.2, 0.25) is 5.02 Å². The standard InChI is InChI=1S/C10H13ClFNO2S/c11-9-3-1-4-10(12)8(9)7-16(14,15)6-2-5-13/h1,3-4H,2,5-7,13H2. The Morgan fingerprint density at radius 1 is 1.38 bits per heavy atom. The summed E-state index contributed by atoms with van der Waals surface area (Å²) in [7, 11) is -3.35. The number of sulfone groups is 1. The molecule has 0 saturated heterocycles. The third-order valence-electron chi connectivity index (χ3n) is 2.09. The highest BCUT2D eigenvalue weighted by atomic mass is 35.5. The van der Waals surface area contributed by atoms with Crippen LogP contribution < -0.4 is 5.73 Å². The van der Waals surface area contributed by atoms with Crippen molar-refractivity contribution in [1.29, 1.82) is 0 Å². The van der Waals surface area contributed by atoms with Crippen molar-refractivity contribution in [3.05, 3.63) is 34.6 Å². The molecule has 0 radical (unpaired) electrons. The Hall–Kier alpha value is -0.650. The molecule has 0 atom stereocenters. The van der Waals surface area contributed by atoms with Gasteiger partial charge in [0.15, 0.2) is 9.84 Å². The highest BCUT2D eigenvalue weighted by molar-refractivity contribution is 7.90. The van der Waals surface area contributed by atoms with Crippen LogP contribution in [0.25, 0.3) is 0 Å². The highest BCUT2D eigenvalue weighted by Crippen LogP contribution is 2.21. The van der Waals surface area contributed by atoms with Crippen LogP contribution in [0.5, 0.6) is 0 Å². The van der Waals surface area contributed by atoms with E-state index < -0.39 is 15.7 Å². The molecule has 0 amide bonds. The minimum atomic E-state index is -3.35. The van der Waals surface area contributed by atoms with Crippen molar-refractivity contribution in [3.63, 3.8) is 0 Å². The van der Waals surface area contributed by atoms with Crippen LogP contribution in [-0.4, -0.2) is 20.7 Å². The molecule has 6 heteroatoms. The van der Waals surface area contributed by atoms with E-state index in [9.17, 15) is 12.8 Å². The van der Waals surface area contributed by atoms with Crippen molar-refractivity contribution in [2.24, 2.45) is 5.73 Å². The van der Waals surface area contributed by atoms with Crippen molar-refractivity contribution in [2.75, 3.05) is 12.3 Å². The van der Waals surface area contributed by atoms with Crippen molar-refractivity contribution < 1.29 is 12.8 Å². The fourth-order valence-corrected chi connectivity index (χ4v) is 3.06. The van der Waals surface area contributed by atoms with Gasteiger partial charge in [-0.05, 0) is 25.1 Å². The van der Waals surface area contributed by atoms with E-state index in [-0.39, 0.29) is 22.1 Å². The molecule has 1 aromatic rings. The molecule has 0 fully saturated rings. The maximum Gasteiger partial charge on any atom is 0.154 e. The summed E-state index contributed by atoms with van der Waals surface area (Å²) in [6, 6.07) is 4.10. The fourth-order valence-electron chi connectivity index (χ4n) is 1.27. The van der Waals surface area contributed by atoms with Gasteiger partial charge in [-0.3, -0.25) is 0 Å². The summed E-state index contributed by atoms with van der Waals surface area (Å²) in [5.41, 5.74) is 5.25. The summed E-state index contributed by atoms with van der Waals surface area (Å²) in [6.07, 6.45) is 0.369. The molecule has 0 aromatic heterocycles. The number of benzene rings is 1. The summed E-state index contributed by atoms with van der Waals surface area (Å²) in [5.74, 6) is -1.02. The Balaban J connectivity index is 2.88. The summed E-state index contributed by atoms with van der Waals surface area (Å²) >= 11 is 5.74. The Morgan fingerprint density at radius 3 is 2.62 bits per heavy atom. The lowest BCUT2D eigenvalue weighted by atomic mass is 10.2. The predicted octanol–water partition coefficient (Wildman–Crippen LogP) is 1.74. The molecule has 16 heavy (non-hydrogen) atoms. The molecule has 90 valence electrons. The van der Waals surface area contributed by atoms with Gasteiger partial charge in [-0.15, -0.1) is 0 Å². The lowest BCUT2D eigenvalue weighted by Crippen LogP contribution is -2.14. The Morgan fingerprint density at radius 2 is 2.06 bits per heavy atom. The average Bonchev–Trinajstić information content (AvgIpc) is 2.21. The molecule has 3 nitrogen and oxygen atoms in total. The lowest BCUT2D eigenvalue weighted by Gasteiger charge is -2.06. The Labute approximate surface area is 99.3 Å². The number of rotatable bonds is 5. The second-order valence-electron chi connectivity index (χ2n) is 3.43. The van der Waals surface area contributed by atoms with Gasteiger partial charge in [0.2, 0.25) is 0 Å². The van der Waals surface area contributed by atoms with E-state index in [0.717, 1.165) is 0 Å². The minimum Gasteiger partial charge on any atom is -0.330 e. The van der Waals surface area contributed by atoms with E-state index >= 15 is 0 Å². The van der Waals surface area contributed by atoms with E-state index in [0.29, 0.717) is 13.0 Å². The lowest BCUT2D eigenvalue weighted by molar-refractivity contribution is 0.585. The van der Waals surface area contributed by atoms with Crippen LogP contribution in [0.15, 0.2) is 18.2 Å². The van der Waals surface area contributed by atoms with Crippen LogP contribution in [-0.2, 0) is 15.6 Å². The maximum atomic E-state index is 13.3. The summed E-state index contributed by atoms with van der Waals surface area (Å²) in [6.45, 7) is 0.296. The molecule has 0 spiro atoms. The fraction of sp³-hybridized carbons (Fsp3) is 0.400. The van der Waals surface area contributed by atoms with Crippen molar-refractivity contribution in [1.82, 2.24) is 0 Å². The van der Waals surface area contributed by atoms with Gasteiger partial charge in [0.25, 0.3) is 0 Å². The topological polar surface area (TPSA) is 60.2 Å². The molecule has 0 bridgehead atoms. The predicted molar refractivity (Wildman–Crippen MR) is 62.6 cm³/mol. The molecule has 0 aliphatic heterocycles. The maximum absolute atomic E-state index is 13.3. The van der Waals surface area contributed by atoms with Crippen molar-refractivity contribution in [3.8, 4) is 0 Å². The van der Waals surface area contributed by atoms with E-state index in [1.165, 1.54) is 18.2 Å². The SMILES string of the molecule is NCCCS(=O)(=O)Cc1c(F)cccc1Cl. The molecule has 0 unspecified atom stereocenters. The van der Waals surface area contributed by atoms with Crippen LogP contribution >= 0.6 is 11.6 Å². The summed E-state index contributed by atoms with van der Waals surface area (Å²) in [4.78, 5) is 0. The minimum absolute atomic E-state index is 0.0289. The van der Waals surface area contributed by atoms with Crippen LogP contribution in [0.4, 0.5) is 4.39 Å². The summed E-state index contributed by atoms with van der Waals surface area (Å²) < 4.78 is 36.5. The molecular formula is C10H13ClFNO2S. The number of halogens is 2. The first-order chi connectivity index (χ1) is 7.46. The van der Waals surface area contributed by atoms with Crippen molar-refractivity contribution >= 4 is 21.4 Å². The van der Waals surface area contributed by atoms with Gasteiger partial charge in [0.1, 0.15) is 5.82 Å². The Bertz CT molecular complexity index is 442. The first-order valence-electron chi connectivity index (χ1n) is 4.79. The van der Waals surface area contributed by atoms with E-state index in [4.69, 9.17) is 17.3 Å². The Kier molecular flexibility index (Phi) is 4.70. The number of hydrogen-bond acceptors (Lipinski definition) is 3. The smallest absolute Gasteiger partial charge is 0.154 e. The molecular weight excluding hydrogens is 253 g/mol. The molecule has 1 aromatic carbocycles. The number of hydrogen-bond donors (Lipinski definition) is 1.